The highest BCUT2D eigenvalue weighted by Crippen LogP contribution is 2.06. The Labute approximate surface area is 123 Å². The molecule has 0 bridgehead atoms. The van der Waals surface area contributed by atoms with Crippen molar-refractivity contribution in [3.63, 3.8) is 0 Å². The Morgan fingerprint density at radius 1 is 1.19 bits per heavy atom. The van der Waals surface area contributed by atoms with Gasteiger partial charge in [0, 0.05) is 31.7 Å². The van der Waals surface area contributed by atoms with Crippen molar-refractivity contribution in [2.45, 2.75) is 6.92 Å². The van der Waals surface area contributed by atoms with Gasteiger partial charge in [-0.3, -0.25) is 14.4 Å². The molecule has 1 aromatic carbocycles. The molecule has 0 spiro atoms. The maximum absolute atomic E-state index is 12.0. The van der Waals surface area contributed by atoms with Crippen LogP contribution in [-0.4, -0.2) is 60.7 Å². The molecule has 0 saturated carbocycles. The molecule has 1 N–H and O–H groups in total. The van der Waals surface area contributed by atoms with Gasteiger partial charge < -0.3 is 15.1 Å². The molecule has 1 fully saturated rings. The van der Waals surface area contributed by atoms with Crippen molar-refractivity contribution >= 4 is 18.2 Å². The molecule has 6 heteroatoms. The second-order valence-electron chi connectivity index (χ2n) is 5.02. The van der Waals surface area contributed by atoms with Crippen LogP contribution in [0, 0.1) is 6.92 Å². The molecule has 1 aliphatic heterocycles. The number of hydrogen-bond acceptors (Lipinski definition) is 3. The lowest BCUT2D eigenvalue weighted by molar-refractivity contribution is -0.134. The van der Waals surface area contributed by atoms with Gasteiger partial charge in [-0.05, 0) is 18.6 Å². The summed E-state index contributed by atoms with van der Waals surface area (Å²) >= 11 is 0. The van der Waals surface area contributed by atoms with Gasteiger partial charge in [-0.25, -0.2) is 0 Å². The summed E-state index contributed by atoms with van der Waals surface area (Å²) in [6.07, 6.45) is 0.793. The molecular formula is C15H19N3O3. The monoisotopic (exact) mass is 289 g/mol. The summed E-state index contributed by atoms with van der Waals surface area (Å²) in [5.41, 5.74) is 1.46. The van der Waals surface area contributed by atoms with Gasteiger partial charge in [-0.2, -0.15) is 0 Å². The lowest BCUT2D eigenvalue weighted by Gasteiger charge is -2.32. The summed E-state index contributed by atoms with van der Waals surface area (Å²) in [6.45, 7) is 3.95. The largest absolute Gasteiger partial charge is 0.343 e. The molecule has 0 aromatic heterocycles. The summed E-state index contributed by atoms with van der Waals surface area (Å²) in [5.74, 6) is -0.365. The minimum atomic E-state index is -0.243. The maximum atomic E-state index is 12.0. The van der Waals surface area contributed by atoms with Crippen molar-refractivity contribution in [2.75, 3.05) is 32.7 Å². The highest BCUT2D eigenvalue weighted by Gasteiger charge is 2.20. The average Bonchev–Trinajstić information content (AvgIpc) is 2.52. The van der Waals surface area contributed by atoms with Crippen LogP contribution in [0.25, 0.3) is 0 Å². The van der Waals surface area contributed by atoms with E-state index in [0.29, 0.717) is 31.7 Å². The Morgan fingerprint density at radius 2 is 1.86 bits per heavy atom. The zero-order valence-electron chi connectivity index (χ0n) is 12.0. The van der Waals surface area contributed by atoms with Gasteiger partial charge in [0.2, 0.25) is 12.3 Å². The van der Waals surface area contributed by atoms with Gasteiger partial charge in [-0.1, -0.05) is 18.2 Å². The molecule has 6 nitrogen and oxygen atoms in total. The van der Waals surface area contributed by atoms with Crippen LogP contribution in [-0.2, 0) is 9.59 Å². The molecule has 112 valence electrons. The van der Waals surface area contributed by atoms with E-state index in [1.54, 1.807) is 21.9 Å². The van der Waals surface area contributed by atoms with Crippen molar-refractivity contribution in [3.05, 3.63) is 35.4 Å². The van der Waals surface area contributed by atoms with Crippen LogP contribution in [0.15, 0.2) is 24.3 Å². The Hall–Kier alpha value is -2.37. The molecule has 1 heterocycles. The highest BCUT2D eigenvalue weighted by molar-refractivity contribution is 5.97. The van der Waals surface area contributed by atoms with Crippen LogP contribution in [0.2, 0.25) is 0 Å². The first kappa shape index (κ1) is 15.0. The van der Waals surface area contributed by atoms with Gasteiger partial charge in [0.15, 0.2) is 0 Å². The lowest BCUT2D eigenvalue weighted by Crippen LogP contribution is -2.50. The molecule has 0 unspecified atom stereocenters. The van der Waals surface area contributed by atoms with Gasteiger partial charge in [0.05, 0.1) is 6.54 Å². The summed E-state index contributed by atoms with van der Waals surface area (Å²) in [6, 6.07) is 7.25. The SMILES string of the molecule is Cc1ccccc1C(=O)NCC(=O)N1CCN(C=O)CC1. The number of aryl methyl sites for hydroxylation is 1. The van der Waals surface area contributed by atoms with Crippen LogP contribution in [0.1, 0.15) is 15.9 Å². The zero-order valence-corrected chi connectivity index (χ0v) is 12.0. The van der Waals surface area contributed by atoms with Crippen LogP contribution in [0.3, 0.4) is 0 Å². The van der Waals surface area contributed by atoms with Gasteiger partial charge in [0.25, 0.3) is 5.91 Å². The summed E-state index contributed by atoms with van der Waals surface area (Å²) < 4.78 is 0. The molecule has 1 aliphatic rings. The van der Waals surface area contributed by atoms with Crippen molar-refractivity contribution in [2.24, 2.45) is 0 Å². The molecule has 21 heavy (non-hydrogen) atoms. The van der Waals surface area contributed by atoms with E-state index in [4.69, 9.17) is 0 Å². The maximum Gasteiger partial charge on any atom is 0.251 e. The molecule has 1 saturated heterocycles. The Balaban J connectivity index is 1.83. The third-order valence-corrected chi connectivity index (χ3v) is 3.61. The number of nitrogens with zero attached hydrogens (tertiary/aromatic N) is 2. The molecule has 0 atom stereocenters. The lowest BCUT2D eigenvalue weighted by atomic mass is 10.1. The number of hydrogen-bond donors (Lipinski definition) is 1. The standard InChI is InChI=1S/C15H19N3O3/c1-12-4-2-3-5-13(12)15(21)16-10-14(20)18-8-6-17(11-19)7-9-18/h2-5,11H,6-10H2,1H3,(H,16,21). The number of rotatable bonds is 4. The van der Waals surface area contributed by atoms with Crippen molar-refractivity contribution in [3.8, 4) is 0 Å². The zero-order chi connectivity index (χ0) is 15.2. The van der Waals surface area contributed by atoms with Crippen LogP contribution in [0.5, 0.6) is 0 Å². The smallest absolute Gasteiger partial charge is 0.251 e. The summed E-state index contributed by atoms with van der Waals surface area (Å²) in [4.78, 5) is 37.9. The topological polar surface area (TPSA) is 69.7 Å². The first-order valence-electron chi connectivity index (χ1n) is 6.93. The van der Waals surface area contributed by atoms with Gasteiger partial charge >= 0.3 is 0 Å². The Morgan fingerprint density at radius 3 is 2.48 bits per heavy atom. The number of carbonyl (C=O) groups is 3. The summed E-state index contributed by atoms with van der Waals surface area (Å²) in [7, 11) is 0. The fraction of sp³-hybridized carbons (Fsp3) is 0.400. The Kier molecular flexibility index (Phi) is 4.92. The second-order valence-corrected chi connectivity index (χ2v) is 5.02. The number of piperazine rings is 1. The third kappa shape index (κ3) is 3.81. The minimum absolute atomic E-state index is 0.0196. The first-order valence-corrected chi connectivity index (χ1v) is 6.93. The molecule has 2 rings (SSSR count). The third-order valence-electron chi connectivity index (χ3n) is 3.61. The van der Waals surface area contributed by atoms with E-state index in [0.717, 1.165) is 12.0 Å². The van der Waals surface area contributed by atoms with Crippen LogP contribution >= 0.6 is 0 Å². The van der Waals surface area contributed by atoms with Crippen molar-refractivity contribution in [1.29, 1.82) is 0 Å². The molecule has 3 amide bonds. The van der Waals surface area contributed by atoms with Gasteiger partial charge in [0.1, 0.15) is 0 Å². The predicted molar refractivity (Wildman–Crippen MR) is 77.7 cm³/mol. The molecule has 1 aromatic rings. The predicted octanol–water partition coefficient (Wildman–Crippen LogP) is 0.0254. The molecular weight excluding hydrogens is 270 g/mol. The van der Waals surface area contributed by atoms with Crippen molar-refractivity contribution in [1.82, 2.24) is 15.1 Å². The normalized spacial score (nSPS) is 14.7. The first-order chi connectivity index (χ1) is 10.1. The fourth-order valence-corrected chi connectivity index (χ4v) is 2.27. The van der Waals surface area contributed by atoms with Crippen LogP contribution < -0.4 is 5.32 Å². The van der Waals surface area contributed by atoms with E-state index in [-0.39, 0.29) is 18.4 Å². The minimum Gasteiger partial charge on any atom is -0.343 e. The second kappa shape index (κ2) is 6.88. The number of amides is 3. The summed E-state index contributed by atoms with van der Waals surface area (Å²) in [5, 5.41) is 2.65. The van der Waals surface area contributed by atoms with E-state index in [1.165, 1.54) is 0 Å². The van der Waals surface area contributed by atoms with E-state index < -0.39 is 0 Å². The average molecular weight is 289 g/mol. The van der Waals surface area contributed by atoms with E-state index in [1.807, 2.05) is 19.1 Å². The van der Waals surface area contributed by atoms with Gasteiger partial charge in [-0.15, -0.1) is 0 Å². The molecule has 0 aliphatic carbocycles. The number of benzene rings is 1. The fourth-order valence-electron chi connectivity index (χ4n) is 2.27. The van der Waals surface area contributed by atoms with Crippen LogP contribution in [0.4, 0.5) is 0 Å². The van der Waals surface area contributed by atoms with E-state index >= 15 is 0 Å². The molecule has 0 radical (unpaired) electrons. The van der Waals surface area contributed by atoms with E-state index in [2.05, 4.69) is 5.32 Å². The number of carbonyl (C=O) groups excluding carboxylic acids is 3. The highest BCUT2D eigenvalue weighted by atomic mass is 16.2. The Bertz CT molecular complexity index is 537. The van der Waals surface area contributed by atoms with E-state index in [9.17, 15) is 14.4 Å². The quantitative estimate of drug-likeness (QED) is 0.795. The number of nitrogens with one attached hydrogen (secondary N) is 1. The van der Waals surface area contributed by atoms with Crippen molar-refractivity contribution < 1.29 is 14.4 Å².